The summed E-state index contributed by atoms with van der Waals surface area (Å²) in [6.07, 6.45) is -9.01. The molecule has 3 rings (SSSR count). The van der Waals surface area contributed by atoms with Crippen LogP contribution in [-0.4, -0.2) is 24.1 Å². The van der Waals surface area contributed by atoms with Crippen LogP contribution in [0.4, 0.5) is 26.3 Å². The number of hydrogen-bond acceptors (Lipinski definition) is 3. The highest BCUT2D eigenvalue weighted by molar-refractivity contribution is 5.85. The summed E-state index contributed by atoms with van der Waals surface area (Å²) in [6.45, 7) is 0.386. The van der Waals surface area contributed by atoms with Crippen molar-refractivity contribution in [3.05, 3.63) is 70.8 Å². The van der Waals surface area contributed by atoms with E-state index in [4.69, 9.17) is 10.00 Å². The van der Waals surface area contributed by atoms with Crippen LogP contribution in [-0.2, 0) is 23.7 Å². The molecular formula is C22H21ClF6N2O. The van der Waals surface area contributed by atoms with Gasteiger partial charge in [-0.2, -0.15) is 31.6 Å². The third-order valence-electron chi connectivity index (χ3n) is 5.21. The molecule has 1 unspecified atom stereocenters. The maximum Gasteiger partial charge on any atom is 0.416 e. The van der Waals surface area contributed by atoms with Crippen molar-refractivity contribution in [2.75, 3.05) is 13.1 Å². The summed E-state index contributed by atoms with van der Waals surface area (Å²) in [4.78, 5) is 1.91. The quantitative estimate of drug-likeness (QED) is 0.369. The second kappa shape index (κ2) is 10.6. The van der Waals surface area contributed by atoms with E-state index < -0.39 is 36.2 Å². The molecule has 0 radical (unpaired) electrons. The lowest BCUT2D eigenvalue weighted by atomic mass is 9.92. The first-order chi connectivity index (χ1) is 14.6. The smallest absolute Gasteiger partial charge is 0.372 e. The molecule has 0 aliphatic carbocycles. The molecule has 0 bridgehead atoms. The normalized spacial score (nSPS) is 19.8. The van der Waals surface area contributed by atoms with Crippen molar-refractivity contribution >= 4 is 12.4 Å². The molecule has 32 heavy (non-hydrogen) atoms. The Morgan fingerprint density at radius 3 is 2.09 bits per heavy atom. The van der Waals surface area contributed by atoms with Gasteiger partial charge < -0.3 is 4.74 Å². The Labute approximate surface area is 188 Å². The average Bonchev–Trinajstić information content (AvgIpc) is 2.72. The van der Waals surface area contributed by atoms with Crippen molar-refractivity contribution in [1.29, 1.82) is 5.26 Å². The number of benzene rings is 2. The van der Waals surface area contributed by atoms with E-state index in [0.29, 0.717) is 31.5 Å². The summed E-state index contributed by atoms with van der Waals surface area (Å²) in [6, 6.07) is 12.5. The molecule has 0 saturated carbocycles. The third-order valence-corrected chi connectivity index (χ3v) is 5.21. The van der Waals surface area contributed by atoms with Crippen molar-refractivity contribution in [2.45, 2.75) is 43.9 Å². The summed E-state index contributed by atoms with van der Waals surface area (Å²) in [5.74, 6) is 0. The predicted octanol–water partition coefficient (Wildman–Crippen LogP) is 6.39. The summed E-state index contributed by atoms with van der Waals surface area (Å²) < 4.78 is 84.5. The summed E-state index contributed by atoms with van der Waals surface area (Å²) in [5, 5.41) is 9.15. The standard InChI is InChI=1S/C22H20F6N2O.ClH/c23-21(24,25)17-11-15(12-18(13-17)22(26,27)28)14-31-19-7-4-9-30(10-8-29)20(19)16-5-2-1-3-6-16;/h1-3,5-6,11-13,19-20H,4,7,9-10,14H2;1H/t19?,20-;/m0./s1. The van der Waals surface area contributed by atoms with Gasteiger partial charge in [0.1, 0.15) is 0 Å². The Kier molecular flexibility index (Phi) is 8.57. The first-order valence-corrected chi connectivity index (χ1v) is 9.65. The van der Waals surface area contributed by atoms with Crippen LogP contribution in [0.5, 0.6) is 0 Å². The van der Waals surface area contributed by atoms with E-state index in [1.807, 2.05) is 35.2 Å². The molecule has 0 amide bonds. The molecule has 174 valence electrons. The van der Waals surface area contributed by atoms with Crippen molar-refractivity contribution in [1.82, 2.24) is 4.90 Å². The number of ether oxygens (including phenoxy) is 1. The molecule has 1 aliphatic rings. The zero-order valence-electron chi connectivity index (χ0n) is 16.8. The van der Waals surface area contributed by atoms with Gasteiger partial charge in [-0.15, -0.1) is 12.4 Å². The van der Waals surface area contributed by atoms with E-state index >= 15 is 0 Å². The van der Waals surface area contributed by atoms with Gasteiger partial charge in [-0.25, -0.2) is 0 Å². The van der Waals surface area contributed by atoms with Crippen LogP contribution >= 0.6 is 12.4 Å². The molecule has 1 saturated heterocycles. The summed E-state index contributed by atoms with van der Waals surface area (Å²) in [7, 11) is 0. The first kappa shape index (κ1) is 26.0. The van der Waals surface area contributed by atoms with Crippen LogP contribution in [0.2, 0.25) is 0 Å². The second-order valence-electron chi connectivity index (χ2n) is 7.39. The molecule has 2 aromatic carbocycles. The Balaban J connectivity index is 0.00000363. The maximum atomic E-state index is 13.1. The highest BCUT2D eigenvalue weighted by Crippen LogP contribution is 2.37. The third kappa shape index (κ3) is 6.37. The van der Waals surface area contributed by atoms with Gasteiger partial charge in [0.2, 0.25) is 0 Å². The zero-order valence-corrected chi connectivity index (χ0v) is 17.6. The van der Waals surface area contributed by atoms with Gasteiger partial charge in [0.05, 0.1) is 42.5 Å². The van der Waals surface area contributed by atoms with Crippen molar-refractivity contribution in [3.63, 3.8) is 0 Å². The molecule has 1 fully saturated rings. The fourth-order valence-electron chi connectivity index (χ4n) is 3.85. The summed E-state index contributed by atoms with van der Waals surface area (Å²) >= 11 is 0. The topological polar surface area (TPSA) is 36.3 Å². The number of piperidine rings is 1. The molecule has 3 nitrogen and oxygen atoms in total. The second-order valence-corrected chi connectivity index (χ2v) is 7.39. The van der Waals surface area contributed by atoms with Crippen molar-refractivity contribution in [3.8, 4) is 6.07 Å². The van der Waals surface area contributed by atoms with Crippen LogP contribution < -0.4 is 0 Å². The molecule has 10 heteroatoms. The number of nitrogens with zero attached hydrogens (tertiary/aromatic N) is 2. The van der Waals surface area contributed by atoms with Gasteiger partial charge in [0, 0.05) is 0 Å². The van der Waals surface area contributed by atoms with Crippen molar-refractivity contribution in [2.24, 2.45) is 0 Å². The van der Waals surface area contributed by atoms with Crippen LogP contribution in [0.25, 0.3) is 0 Å². The molecule has 0 N–H and O–H groups in total. The largest absolute Gasteiger partial charge is 0.416 e. The highest BCUT2D eigenvalue weighted by Gasteiger charge is 2.37. The van der Waals surface area contributed by atoms with Gasteiger partial charge in [-0.1, -0.05) is 30.3 Å². The van der Waals surface area contributed by atoms with E-state index in [2.05, 4.69) is 6.07 Å². The summed E-state index contributed by atoms with van der Waals surface area (Å²) in [5.41, 5.74) is -2.06. The molecule has 0 aromatic heterocycles. The molecular weight excluding hydrogens is 458 g/mol. The Bertz CT molecular complexity index is 894. The van der Waals surface area contributed by atoms with Crippen LogP contribution in [0, 0.1) is 11.3 Å². The minimum atomic E-state index is -4.91. The van der Waals surface area contributed by atoms with E-state index in [1.54, 1.807) is 0 Å². The number of likely N-dealkylation sites (tertiary alicyclic amines) is 1. The average molecular weight is 479 g/mol. The SMILES string of the molecule is Cl.N#CCN1CCCC(OCc2cc(C(F)(F)F)cc(C(F)(F)F)c2)[C@@H]1c1ccccc1. The minimum Gasteiger partial charge on any atom is -0.372 e. The lowest BCUT2D eigenvalue weighted by Crippen LogP contribution is -2.43. The number of halogens is 7. The Morgan fingerprint density at radius 2 is 1.56 bits per heavy atom. The van der Waals surface area contributed by atoms with Gasteiger partial charge in [0.25, 0.3) is 0 Å². The van der Waals surface area contributed by atoms with Crippen molar-refractivity contribution < 1.29 is 31.1 Å². The fraction of sp³-hybridized carbons (Fsp3) is 0.409. The van der Waals surface area contributed by atoms with Crippen LogP contribution in [0.1, 0.15) is 41.1 Å². The number of rotatable bonds is 5. The molecule has 0 spiro atoms. The van der Waals surface area contributed by atoms with Crippen LogP contribution in [0.3, 0.4) is 0 Å². The lowest BCUT2D eigenvalue weighted by Gasteiger charge is -2.40. The number of nitriles is 1. The first-order valence-electron chi connectivity index (χ1n) is 9.65. The van der Waals surface area contributed by atoms with Gasteiger partial charge in [-0.3, -0.25) is 4.90 Å². The monoisotopic (exact) mass is 478 g/mol. The zero-order chi connectivity index (χ0) is 22.6. The maximum absolute atomic E-state index is 13.1. The predicted molar refractivity (Wildman–Crippen MR) is 108 cm³/mol. The van der Waals surface area contributed by atoms with Gasteiger partial charge in [-0.05, 0) is 48.7 Å². The van der Waals surface area contributed by atoms with Gasteiger partial charge >= 0.3 is 12.4 Å². The van der Waals surface area contributed by atoms with E-state index in [1.165, 1.54) is 0 Å². The van der Waals surface area contributed by atoms with E-state index in [-0.39, 0.29) is 36.6 Å². The number of alkyl halides is 6. The number of hydrogen-bond donors (Lipinski definition) is 0. The lowest BCUT2D eigenvalue weighted by molar-refractivity contribution is -0.143. The molecule has 1 aliphatic heterocycles. The minimum absolute atomic E-state index is 0. The molecule has 1 heterocycles. The Morgan fingerprint density at radius 1 is 0.969 bits per heavy atom. The van der Waals surface area contributed by atoms with Gasteiger partial charge in [0.15, 0.2) is 0 Å². The highest BCUT2D eigenvalue weighted by atomic mass is 35.5. The molecule has 2 atom stereocenters. The van der Waals surface area contributed by atoms with E-state index in [0.717, 1.165) is 5.56 Å². The fourth-order valence-corrected chi connectivity index (χ4v) is 3.85. The van der Waals surface area contributed by atoms with Crippen LogP contribution in [0.15, 0.2) is 48.5 Å². The molecule has 2 aromatic rings. The Hall–Kier alpha value is -2.28. The van der Waals surface area contributed by atoms with E-state index in [9.17, 15) is 26.3 Å².